The zero-order valence-corrected chi connectivity index (χ0v) is 13.3. The number of carbonyl (C=O) groups is 2. The van der Waals surface area contributed by atoms with E-state index in [0.29, 0.717) is 0 Å². The first-order valence-electron chi connectivity index (χ1n) is 7.30. The number of aliphatic hydroxyl groups excluding tert-OH is 4. The molecule has 5 N–H and O–H groups in total. The maximum absolute atomic E-state index is 11.2. The van der Waals surface area contributed by atoms with Crippen LogP contribution < -0.4 is 10.4 Å². The summed E-state index contributed by atoms with van der Waals surface area (Å²) in [6.45, 7) is 2.17. The quantitative estimate of drug-likeness (QED) is 0.293. The van der Waals surface area contributed by atoms with Gasteiger partial charge in [0.25, 0.3) is 0 Å². The standard InChI is InChI=1S/C14H23NO9/c1-6(16)4-23-5-9(19)12(20)13-11(15-7(2)17)8(18)3-10(24-13)14(21)22/h3,6,8-9,11-13,16,18-20H,4-5H2,1-2H3,(H,15,17)(H,21,22)/p-1/t6-,8?,9-,11-,12-,13?/m1/s1. The van der Waals surface area contributed by atoms with Crippen molar-refractivity contribution >= 4 is 11.9 Å². The van der Waals surface area contributed by atoms with Crippen LogP contribution in [0.1, 0.15) is 13.8 Å². The average Bonchev–Trinajstić information content (AvgIpc) is 2.47. The maximum atomic E-state index is 11.2. The van der Waals surface area contributed by atoms with Crippen LogP contribution in [0.5, 0.6) is 0 Å². The second-order valence-corrected chi connectivity index (χ2v) is 5.56. The molecule has 10 nitrogen and oxygen atoms in total. The van der Waals surface area contributed by atoms with E-state index in [0.717, 1.165) is 13.0 Å². The summed E-state index contributed by atoms with van der Waals surface area (Å²) < 4.78 is 10.0. The molecule has 0 bridgehead atoms. The lowest BCUT2D eigenvalue weighted by Gasteiger charge is -2.39. The minimum atomic E-state index is -1.72. The molecule has 0 aromatic heterocycles. The third kappa shape index (κ3) is 5.73. The van der Waals surface area contributed by atoms with Crippen LogP contribution in [0.4, 0.5) is 0 Å². The first kappa shape index (κ1) is 20.3. The van der Waals surface area contributed by atoms with Crippen molar-refractivity contribution in [1.29, 1.82) is 0 Å². The highest BCUT2D eigenvalue weighted by Gasteiger charge is 2.42. The molecule has 1 heterocycles. The summed E-state index contributed by atoms with van der Waals surface area (Å²) >= 11 is 0. The summed E-state index contributed by atoms with van der Waals surface area (Å²) in [5.74, 6) is -2.98. The predicted molar refractivity (Wildman–Crippen MR) is 76.1 cm³/mol. The van der Waals surface area contributed by atoms with Gasteiger partial charge in [0.1, 0.15) is 23.9 Å². The van der Waals surface area contributed by atoms with Gasteiger partial charge in [-0.15, -0.1) is 0 Å². The van der Waals surface area contributed by atoms with Gasteiger partial charge in [-0.25, -0.2) is 0 Å². The number of hydrogen-bond acceptors (Lipinski definition) is 9. The molecular weight excluding hydrogens is 326 g/mol. The maximum Gasteiger partial charge on any atom is 0.217 e. The highest BCUT2D eigenvalue weighted by atomic mass is 16.5. The van der Waals surface area contributed by atoms with Crippen LogP contribution in [-0.2, 0) is 19.1 Å². The number of carboxylic acids is 1. The van der Waals surface area contributed by atoms with Crippen LogP contribution >= 0.6 is 0 Å². The molecule has 0 saturated carbocycles. The molecule has 1 aliphatic rings. The lowest BCUT2D eigenvalue weighted by molar-refractivity contribution is -0.305. The van der Waals surface area contributed by atoms with E-state index < -0.39 is 54.2 Å². The number of ether oxygens (including phenoxy) is 2. The number of aliphatic carboxylic acids is 1. The van der Waals surface area contributed by atoms with E-state index in [9.17, 15) is 30.0 Å². The molecular formula is C14H22NO9-. The molecule has 1 rings (SSSR count). The van der Waals surface area contributed by atoms with Crippen LogP contribution in [-0.4, -0.2) is 82.1 Å². The summed E-state index contributed by atoms with van der Waals surface area (Å²) in [6.07, 6.45) is -6.07. The van der Waals surface area contributed by atoms with Crippen molar-refractivity contribution in [3.05, 3.63) is 11.8 Å². The van der Waals surface area contributed by atoms with E-state index >= 15 is 0 Å². The molecule has 24 heavy (non-hydrogen) atoms. The molecule has 138 valence electrons. The zero-order valence-electron chi connectivity index (χ0n) is 13.3. The largest absolute Gasteiger partial charge is 0.542 e. The van der Waals surface area contributed by atoms with Gasteiger partial charge in [-0.3, -0.25) is 4.79 Å². The number of rotatable bonds is 8. The zero-order chi connectivity index (χ0) is 18.4. The monoisotopic (exact) mass is 348 g/mol. The van der Waals surface area contributed by atoms with Gasteiger partial charge in [0, 0.05) is 6.92 Å². The third-order valence-corrected chi connectivity index (χ3v) is 3.26. The minimum absolute atomic E-state index is 0.0861. The first-order chi connectivity index (χ1) is 11.1. The van der Waals surface area contributed by atoms with Gasteiger partial charge >= 0.3 is 0 Å². The molecule has 0 radical (unpaired) electrons. The van der Waals surface area contributed by atoms with Gasteiger partial charge in [-0.05, 0) is 13.0 Å². The minimum Gasteiger partial charge on any atom is -0.542 e. The Morgan fingerprint density at radius 2 is 2.00 bits per heavy atom. The van der Waals surface area contributed by atoms with E-state index in [1.165, 1.54) is 6.92 Å². The van der Waals surface area contributed by atoms with Gasteiger partial charge in [-0.2, -0.15) is 0 Å². The summed E-state index contributed by atoms with van der Waals surface area (Å²) in [7, 11) is 0. The van der Waals surface area contributed by atoms with Crippen LogP contribution in [0, 0.1) is 0 Å². The number of carboxylic acid groups (broad SMARTS) is 1. The summed E-state index contributed by atoms with van der Waals surface area (Å²) in [6, 6.07) is -1.19. The molecule has 0 saturated heterocycles. The number of amides is 1. The Balaban J connectivity index is 2.86. The fraction of sp³-hybridized carbons (Fsp3) is 0.714. The molecule has 0 fully saturated rings. The summed E-state index contributed by atoms with van der Waals surface area (Å²) in [5.41, 5.74) is 0. The summed E-state index contributed by atoms with van der Waals surface area (Å²) in [4.78, 5) is 22.1. The topological polar surface area (TPSA) is 169 Å². The van der Waals surface area contributed by atoms with E-state index in [4.69, 9.17) is 14.6 Å². The Morgan fingerprint density at radius 1 is 1.38 bits per heavy atom. The van der Waals surface area contributed by atoms with Crippen molar-refractivity contribution < 1.29 is 44.6 Å². The van der Waals surface area contributed by atoms with E-state index in [1.807, 2.05) is 0 Å². The van der Waals surface area contributed by atoms with Gasteiger partial charge in [-0.1, -0.05) is 0 Å². The van der Waals surface area contributed by atoms with Crippen molar-refractivity contribution in [3.63, 3.8) is 0 Å². The smallest absolute Gasteiger partial charge is 0.217 e. The van der Waals surface area contributed by atoms with Gasteiger partial charge < -0.3 is 45.1 Å². The Labute approximate surface area is 138 Å². The lowest BCUT2D eigenvalue weighted by atomic mass is 9.94. The van der Waals surface area contributed by atoms with E-state index in [1.54, 1.807) is 0 Å². The van der Waals surface area contributed by atoms with Crippen molar-refractivity contribution in [1.82, 2.24) is 5.32 Å². The Bertz CT molecular complexity index is 479. The van der Waals surface area contributed by atoms with Crippen molar-refractivity contribution in [3.8, 4) is 0 Å². The molecule has 0 aliphatic carbocycles. The number of nitrogens with one attached hydrogen (secondary N) is 1. The summed E-state index contributed by atoms with van der Waals surface area (Å²) in [5, 5.41) is 52.4. The molecule has 2 unspecified atom stereocenters. The molecule has 1 aliphatic heterocycles. The molecule has 6 atom stereocenters. The Kier molecular flexibility index (Phi) is 7.58. The Hall–Kier alpha value is -1.72. The van der Waals surface area contributed by atoms with E-state index in [-0.39, 0.29) is 13.2 Å². The van der Waals surface area contributed by atoms with Crippen LogP contribution in [0.3, 0.4) is 0 Å². The van der Waals surface area contributed by atoms with E-state index in [2.05, 4.69) is 5.32 Å². The third-order valence-electron chi connectivity index (χ3n) is 3.26. The normalized spacial score (nSPS) is 27.4. The van der Waals surface area contributed by atoms with Gasteiger partial charge in [0.2, 0.25) is 5.91 Å². The molecule has 1 amide bonds. The second-order valence-electron chi connectivity index (χ2n) is 5.56. The van der Waals surface area contributed by atoms with Crippen LogP contribution in [0.15, 0.2) is 11.8 Å². The van der Waals surface area contributed by atoms with Crippen molar-refractivity contribution in [2.75, 3.05) is 13.2 Å². The molecule has 0 spiro atoms. The van der Waals surface area contributed by atoms with Gasteiger partial charge in [0.05, 0.1) is 31.5 Å². The first-order valence-corrected chi connectivity index (χ1v) is 7.30. The van der Waals surface area contributed by atoms with Crippen LogP contribution in [0.2, 0.25) is 0 Å². The molecule has 0 aromatic rings. The molecule has 0 aromatic carbocycles. The number of hydrogen-bond donors (Lipinski definition) is 5. The lowest BCUT2D eigenvalue weighted by Crippen LogP contribution is -2.60. The average molecular weight is 348 g/mol. The second kappa shape index (κ2) is 8.94. The highest BCUT2D eigenvalue weighted by Crippen LogP contribution is 2.22. The SMILES string of the molecule is CC(=O)N[C@@H]1C(O)C=C(C(=O)[O-])OC1[C@H](O)[C@H](O)COC[C@@H](C)O. The van der Waals surface area contributed by atoms with Crippen molar-refractivity contribution in [2.45, 2.75) is 50.4 Å². The number of aliphatic hydroxyl groups is 4. The fourth-order valence-corrected chi connectivity index (χ4v) is 2.19. The fourth-order valence-electron chi connectivity index (χ4n) is 2.19. The number of carbonyl (C=O) groups excluding carboxylic acids is 2. The van der Waals surface area contributed by atoms with Crippen LogP contribution in [0.25, 0.3) is 0 Å². The van der Waals surface area contributed by atoms with Gasteiger partial charge in [0.15, 0.2) is 6.10 Å². The Morgan fingerprint density at radius 3 is 2.50 bits per heavy atom. The highest BCUT2D eigenvalue weighted by molar-refractivity contribution is 5.82. The predicted octanol–water partition coefficient (Wildman–Crippen LogP) is -4.00. The molecule has 10 heteroatoms. The van der Waals surface area contributed by atoms with Crippen molar-refractivity contribution in [2.24, 2.45) is 0 Å².